The minimum absolute atomic E-state index is 0.0554. The lowest BCUT2D eigenvalue weighted by atomic mass is 10.4. The predicted octanol–water partition coefficient (Wildman–Crippen LogP) is -1.37. The molecule has 0 aliphatic carbocycles. The molecule has 4 nitrogen and oxygen atoms in total. The van der Waals surface area contributed by atoms with Crippen molar-refractivity contribution >= 4 is 0 Å². The fraction of sp³-hybridized carbons (Fsp3) is 1.00. The van der Waals surface area contributed by atoms with Gasteiger partial charge < -0.3 is 21.3 Å². The third-order valence-electron chi connectivity index (χ3n) is 0.831. The second kappa shape index (κ2) is 5.97. The summed E-state index contributed by atoms with van der Waals surface area (Å²) in [6.45, 7) is 0.949. The van der Waals surface area contributed by atoms with Gasteiger partial charge >= 0.3 is 0 Å². The van der Waals surface area contributed by atoms with E-state index >= 15 is 0 Å². The largest absolute Gasteiger partial charge is 0.394 e. The van der Waals surface area contributed by atoms with Crippen LogP contribution in [0.5, 0.6) is 0 Å². The van der Waals surface area contributed by atoms with Crippen molar-refractivity contribution in [1.82, 2.24) is 0 Å². The molecule has 4 heteroatoms. The number of nitrogens with two attached hydrogens (primary N) is 2. The van der Waals surface area contributed by atoms with Crippen LogP contribution in [0.3, 0.4) is 0 Å². The van der Waals surface area contributed by atoms with Crippen molar-refractivity contribution in [3.05, 3.63) is 0 Å². The SMILES string of the molecule is NC(N)CCOCCO. The van der Waals surface area contributed by atoms with Crippen LogP contribution in [0.25, 0.3) is 0 Å². The Morgan fingerprint density at radius 1 is 1.33 bits per heavy atom. The van der Waals surface area contributed by atoms with Crippen LogP contribution in [0.15, 0.2) is 0 Å². The highest BCUT2D eigenvalue weighted by Crippen LogP contribution is 1.81. The molecule has 0 spiro atoms. The van der Waals surface area contributed by atoms with E-state index in [0.717, 1.165) is 0 Å². The molecule has 9 heavy (non-hydrogen) atoms. The average molecular weight is 134 g/mol. The highest BCUT2D eigenvalue weighted by Gasteiger charge is 1.92. The van der Waals surface area contributed by atoms with E-state index < -0.39 is 0 Å². The standard InChI is InChI=1S/C5H14N2O2/c6-5(7)1-3-9-4-2-8/h5,8H,1-4,6-7H2. The lowest BCUT2D eigenvalue weighted by Crippen LogP contribution is -2.31. The van der Waals surface area contributed by atoms with Crippen molar-refractivity contribution in [3.63, 3.8) is 0 Å². The van der Waals surface area contributed by atoms with Gasteiger partial charge in [-0.2, -0.15) is 0 Å². The number of rotatable bonds is 5. The molecule has 0 aromatic rings. The molecule has 0 fully saturated rings. The fourth-order valence-electron chi connectivity index (χ4n) is 0.386. The van der Waals surface area contributed by atoms with Gasteiger partial charge in [-0.05, 0) is 6.42 Å². The zero-order valence-corrected chi connectivity index (χ0v) is 5.42. The van der Waals surface area contributed by atoms with E-state index in [1.807, 2.05) is 0 Å². The lowest BCUT2D eigenvalue weighted by molar-refractivity contribution is 0.0880. The average Bonchev–Trinajstić information content (AvgIpc) is 1.80. The van der Waals surface area contributed by atoms with Gasteiger partial charge in [-0.25, -0.2) is 0 Å². The number of aliphatic hydroxyl groups is 1. The zero-order valence-electron chi connectivity index (χ0n) is 5.42. The van der Waals surface area contributed by atoms with E-state index in [4.69, 9.17) is 21.3 Å². The zero-order chi connectivity index (χ0) is 7.11. The first-order valence-corrected chi connectivity index (χ1v) is 2.97. The molecule has 0 saturated carbocycles. The maximum absolute atomic E-state index is 8.24. The van der Waals surface area contributed by atoms with Gasteiger partial charge in [0.2, 0.25) is 0 Å². The highest BCUT2D eigenvalue weighted by molar-refractivity contribution is 4.47. The highest BCUT2D eigenvalue weighted by atomic mass is 16.5. The van der Waals surface area contributed by atoms with Crippen molar-refractivity contribution in [2.45, 2.75) is 12.6 Å². The second-order valence-electron chi connectivity index (χ2n) is 1.79. The smallest absolute Gasteiger partial charge is 0.0697 e. The van der Waals surface area contributed by atoms with Crippen molar-refractivity contribution in [1.29, 1.82) is 0 Å². The third kappa shape index (κ3) is 7.84. The van der Waals surface area contributed by atoms with Gasteiger partial charge in [0, 0.05) is 6.61 Å². The summed E-state index contributed by atoms with van der Waals surface area (Å²) in [5, 5.41) is 8.24. The van der Waals surface area contributed by atoms with E-state index in [2.05, 4.69) is 0 Å². The number of hydrogen-bond acceptors (Lipinski definition) is 4. The van der Waals surface area contributed by atoms with Crippen LogP contribution in [-0.4, -0.2) is 31.1 Å². The topological polar surface area (TPSA) is 81.5 Å². The molecule has 0 aliphatic heterocycles. The number of hydrogen-bond donors (Lipinski definition) is 3. The van der Waals surface area contributed by atoms with Crippen LogP contribution >= 0.6 is 0 Å². The Labute approximate surface area is 54.8 Å². The predicted molar refractivity (Wildman–Crippen MR) is 34.7 cm³/mol. The van der Waals surface area contributed by atoms with Crippen molar-refractivity contribution < 1.29 is 9.84 Å². The van der Waals surface area contributed by atoms with Crippen molar-refractivity contribution in [2.24, 2.45) is 11.5 Å². The van der Waals surface area contributed by atoms with Crippen molar-refractivity contribution in [3.8, 4) is 0 Å². The molecule has 0 bridgehead atoms. The van der Waals surface area contributed by atoms with E-state index in [1.54, 1.807) is 0 Å². The fourth-order valence-corrected chi connectivity index (χ4v) is 0.386. The van der Waals surface area contributed by atoms with Gasteiger partial charge in [0.1, 0.15) is 0 Å². The van der Waals surface area contributed by atoms with Gasteiger partial charge in [0.05, 0.1) is 19.4 Å². The molecule has 0 heterocycles. The Morgan fingerprint density at radius 3 is 2.44 bits per heavy atom. The Kier molecular flexibility index (Phi) is 5.86. The first kappa shape index (κ1) is 8.84. The maximum atomic E-state index is 8.24. The first-order valence-electron chi connectivity index (χ1n) is 2.97. The minimum atomic E-state index is -0.302. The van der Waals surface area contributed by atoms with Crippen LogP contribution in [-0.2, 0) is 4.74 Å². The van der Waals surface area contributed by atoms with E-state index in [9.17, 15) is 0 Å². The molecule has 0 rings (SSSR count). The van der Waals surface area contributed by atoms with Crippen LogP contribution in [0.4, 0.5) is 0 Å². The Balaban J connectivity index is 2.75. The summed E-state index contributed by atoms with van der Waals surface area (Å²) in [7, 11) is 0. The van der Waals surface area contributed by atoms with Crippen LogP contribution in [0, 0.1) is 0 Å². The normalized spacial score (nSPS) is 10.7. The Morgan fingerprint density at radius 2 is 2.00 bits per heavy atom. The quantitative estimate of drug-likeness (QED) is 0.320. The lowest BCUT2D eigenvalue weighted by Gasteiger charge is -2.04. The molecular weight excluding hydrogens is 120 g/mol. The van der Waals surface area contributed by atoms with Gasteiger partial charge in [-0.1, -0.05) is 0 Å². The van der Waals surface area contributed by atoms with E-state index in [1.165, 1.54) is 0 Å². The third-order valence-corrected chi connectivity index (χ3v) is 0.831. The summed E-state index contributed by atoms with van der Waals surface area (Å²) in [5.74, 6) is 0. The van der Waals surface area contributed by atoms with Gasteiger partial charge in [0.25, 0.3) is 0 Å². The first-order chi connectivity index (χ1) is 4.27. The molecule has 0 saturated heterocycles. The van der Waals surface area contributed by atoms with Gasteiger partial charge in [-0.3, -0.25) is 0 Å². The van der Waals surface area contributed by atoms with Crippen LogP contribution in [0.2, 0.25) is 0 Å². The molecule has 0 amide bonds. The minimum Gasteiger partial charge on any atom is -0.394 e. The second-order valence-corrected chi connectivity index (χ2v) is 1.79. The Hall–Kier alpha value is -0.160. The van der Waals surface area contributed by atoms with Crippen LogP contribution in [0.1, 0.15) is 6.42 Å². The summed E-state index contributed by atoms with van der Waals surface area (Å²) in [5.41, 5.74) is 10.4. The molecule has 0 radical (unpaired) electrons. The van der Waals surface area contributed by atoms with Crippen molar-refractivity contribution in [2.75, 3.05) is 19.8 Å². The molecule has 0 aliphatic rings. The van der Waals surface area contributed by atoms with E-state index in [0.29, 0.717) is 19.6 Å². The molecule has 0 aromatic heterocycles. The summed E-state index contributed by atoms with van der Waals surface area (Å²) in [6, 6.07) is 0. The maximum Gasteiger partial charge on any atom is 0.0697 e. The summed E-state index contributed by atoms with van der Waals surface area (Å²) >= 11 is 0. The number of aliphatic hydroxyl groups excluding tert-OH is 1. The summed E-state index contributed by atoms with van der Waals surface area (Å²) in [4.78, 5) is 0. The van der Waals surface area contributed by atoms with Gasteiger partial charge in [-0.15, -0.1) is 0 Å². The molecule has 0 aromatic carbocycles. The Bertz CT molecular complexity index is 58.9. The monoisotopic (exact) mass is 134 g/mol. The number of ether oxygens (including phenoxy) is 1. The molecule has 0 unspecified atom stereocenters. The molecular formula is C5H14N2O2. The molecule has 0 atom stereocenters. The summed E-state index contributed by atoms with van der Waals surface area (Å²) in [6.07, 6.45) is 0.337. The van der Waals surface area contributed by atoms with E-state index in [-0.39, 0.29) is 12.8 Å². The van der Waals surface area contributed by atoms with Gasteiger partial charge in [0.15, 0.2) is 0 Å². The molecule has 56 valence electrons. The van der Waals surface area contributed by atoms with Crippen LogP contribution < -0.4 is 11.5 Å². The molecule has 5 N–H and O–H groups in total. The summed E-state index contributed by atoms with van der Waals surface area (Å²) < 4.78 is 4.88.